The van der Waals surface area contributed by atoms with Gasteiger partial charge in [-0.25, -0.2) is 4.68 Å². The molecule has 2 aromatic carbocycles. The van der Waals surface area contributed by atoms with E-state index in [1.54, 1.807) is 16.9 Å². The highest BCUT2D eigenvalue weighted by molar-refractivity contribution is 5.85. The summed E-state index contributed by atoms with van der Waals surface area (Å²) in [5.74, 6) is 0.427. The number of nitrogens with zero attached hydrogens (tertiary/aromatic N) is 3. The average molecular weight is 426 g/mol. The Hall–Kier alpha value is -2.47. The number of β-amino-alcohol motifs (C(OH)–C–C–N with tert-alkyl or cyclic N) is 1. The molecule has 0 saturated carbocycles. The largest absolute Gasteiger partial charge is 0.387 e. The highest BCUT2D eigenvalue weighted by atomic mass is 35.5. The molecular weight excluding hydrogens is 398 g/mol. The van der Waals surface area contributed by atoms with Crippen LogP contribution < -0.4 is 5.56 Å². The maximum absolute atomic E-state index is 12.9. The molecule has 1 aliphatic heterocycles. The van der Waals surface area contributed by atoms with Crippen molar-refractivity contribution < 1.29 is 5.11 Å². The third-order valence-corrected chi connectivity index (χ3v) is 5.75. The molecule has 1 N–H and O–H groups in total. The van der Waals surface area contributed by atoms with Crippen LogP contribution >= 0.6 is 12.4 Å². The van der Waals surface area contributed by atoms with Gasteiger partial charge in [0.25, 0.3) is 5.56 Å². The zero-order valence-electron chi connectivity index (χ0n) is 16.9. The number of aliphatic hydroxyl groups is 1. The number of hydrogen-bond acceptors (Lipinski definition) is 4. The molecule has 1 unspecified atom stereocenters. The summed E-state index contributed by atoms with van der Waals surface area (Å²) >= 11 is 0. The van der Waals surface area contributed by atoms with Gasteiger partial charge in [0.1, 0.15) is 0 Å². The predicted molar refractivity (Wildman–Crippen MR) is 122 cm³/mol. The van der Waals surface area contributed by atoms with Gasteiger partial charge in [-0.2, -0.15) is 5.10 Å². The van der Waals surface area contributed by atoms with Gasteiger partial charge in [0.15, 0.2) is 0 Å². The molecule has 0 radical (unpaired) electrons. The van der Waals surface area contributed by atoms with Gasteiger partial charge in [-0.1, -0.05) is 60.7 Å². The van der Waals surface area contributed by atoms with Crippen molar-refractivity contribution in [3.8, 4) is 11.1 Å². The van der Waals surface area contributed by atoms with Gasteiger partial charge in [0, 0.05) is 19.3 Å². The van der Waals surface area contributed by atoms with E-state index in [2.05, 4.69) is 10.00 Å². The highest BCUT2D eigenvalue weighted by Crippen LogP contribution is 2.22. The standard InChI is InChI=1S/C24H27N3O2.ClH/c28-23(21-9-5-2-6-10-21)18-26-15-12-19(13-16-26)17-27-24(29)22(11-14-25-27)20-7-3-1-4-8-20;/h1-11,14,19,23,28H,12-13,15-18H2;1H. The Labute approximate surface area is 183 Å². The second kappa shape index (κ2) is 10.5. The maximum Gasteiger partial charge on any atom is 0.274 e. The van der Waals surface area contributed by atoms with E-state index in [-0.39, 0.29) is 18.0 Å². The van der Waals surface area contributed by atoms with Crippen molar-refractivity contribution in [2.45, 2.75) is 25.5 Å². The molecule has 158 valence electrons. The summed E-state index contributed by atoms with van der Waals surface area (Å²) in [6.07, 6.45) is 3.27. The first-order valence-corrected chi connectivity index (χ1v) is 10.3. The first kappa shape index (κ1) is 22.2. The third kappa shape index (κ3) is 5.36. The Morgan fingerprint density at radius 2 is 1.60 bits per heavy atom. The first-order valence-electron chi connectivity index (χ1n) is 10.3. The predicted octanol–water partition coefficient (Wildman–Crippen LogP) is 3.78. The second-order valence-electron chi connectivity index (χ2n) is 7.77. The summed E-state index contributed by atoms with van der Waals surface area (Å²) < 4.78 is 1.61. The molecule has 1 aliphatic rings. The van der Waals surface area contributed by atoms with Crippen molar-refractivity contribution in [3.05, 3.63) is 88.8 Å². The van der Waals surface area contributed by atoms with Crippen molar-refractivity contribution in [1.29, 1.82) is 0 Å². The van der Waals surface area contributed by atoms with Crippen LogP contribution in [0.25, 0.3) is 11.1 Å². The third-order valence-electron chi connectivity index (χ3n) is 5.75. The fourth-order valence-corrected chi connectivity index (χ4v) is 4.04. The number of aromatic nitrogens is 2. The topological polar surface area (TPSA) is 58.4 Å². The normalized spacial score (nSPS) is 16.0. The van der Waals surface area contributed by atoms with Crippen LogP contribution in [-0.4, -0.2) is 39.4 Å². The zero-order chi connectivity index (χ0) is 20.1. The number of piperidine rings is 1. The van der Waals surface area contributed by atoms with Crippen molar-refractivity contribution in [2.75, 3.05) is 19.6 Å². The van der Waals surface area contributed by atoms with Gasteiger partial charge in [0.2, 0.25) is 0 Å². The number of likely N-dealkylation sites (tertiary alicyclic amines) is 1. The average Bonchev–Trinajstić information content (AvgIpc) is 2.78. The number of aliphatic hydroxyl groups excluding tert-OH is 1. The Kier molecular flexibility index (Phi) is 7.80. The van der Waals surface area contributed by atoms with Gasteiger partial charge in [-0.05, 0) is 49.0 Å². The Morgan fingerprint density at radius 3 is 2.27 bits per heavy atom. The van der Waals surface area contributed by atoms with Crippen LogP contribution in [-0.2, 0) is 6.54 Å². The van der Waals surface area contributed by atoms with E-state index in [1.807, 2.05) is 60.7 Å². The van der Waals surface area contributed by atoms with Gasteiger partial charge in [-0.3, -0.25) is 4.79 Å². The van der Waals surface area contributed by atoms with E-state index in [9.17, 15) is 9.90 Å². The van der Waals surface area contributed by atoms with E-state index in [4.69, 9.17) is 0 Å². The van der Waals surface area contributed by atoms with Crippen molar-refractivity contribution in [1.82, 2.24) is 14.7 Å². The molecule has 30 heavy (non-hydrogen) atoms. The Balaban J connectivity index is 0.00000256. The summed E-state index contributed by atoms with van der Waals surface area (Å²) in [4.78, 5) is 15.2. The highest BCUT2D eigenvalue weighted by Gasteiger charge is 2.22. The lowest BCUT2D eigenvalue weighted by atomic mass is 9.96. The molecule has 0 aliphatic carbocycles. The summed E-state index contributed by atoms with van der Waals surface area (Å²) in [6.45, 7) is 3.16. The molecule has 5 nitrogen and oxygen atoms in total. The SMILES string of the molecule is Cl.O=c1c(-c2ccccc2)ccnn1CC1CCN(CC(O)c2ccccc2)CC1. The molecule has 0 bridgehead atoms. The molecule has 1 aromatic heterocycles. The summed E-state index contributed by atoms with van der Waals surface area (Å²) in [7, 11) is 0. The molecule has 1 fully saturated rings. The lowest BCUT2D eigenvalue weighted by Gasteiger charge is -2.33. The minimum absolute atomic E-state index is 0. The van der Waals surface area contributed by atoms with Crippen LogP contribution in [0.4, 0.5) is 0 Å². The van der Waals surface area contributed by atoms with Crippen LogP contribution in [0.15, 0.2) is 77.7 Å². The van der Waals surface area contributed by atoms with Gasteiger partial charge < -0.3 is 10.0 Å². The second-order valence-corrected chi connectivity index (χ2v) is 7.77. The molecule has 1 atom stereocenters. The molecule has 4 rings (SSSR count). The van der Waals surface area contributed by atoms with E-state index < -0.39 is 6.10 Å². The maximum atomic E-state index is 12.9. The number of benzene rings is 2. The van der Waals surface area contributed by atoms with Crippen molar-refractivity contribution in [3.63, 3.8) is 0 Å². The van der Waals surface area contributed by atoms with E-state index in [0.717, 1.165) is 37.1 Å². The van der Waals surface area contributed by atoms with E-state index in [0.29, 0.717) is 24.6 Å². The Bertz CT molecular complexity index is 971. The molecule has 1 saturated heterocycles. The van der Waals surface area contributed by atoms with Crippen LogP contribution in [0.5, 0.6) is 0 Å². The number of hydrogen-bond donors (Lipinski definition) is 1. The summed E-state index contributed by atoms with van der Waals surface area (Å²) in [6, 6.07) is 21.4. The first-order chi connectivity index (χ1) is 14.2. The van der Waals surface area contributed by atoms with E-state index in [1.165, 1.54) is 0 Å². The lowest BCUT2D eigenvalue weighted by Crippen LogP contribution is -2.39. The molecule has 2 heterocycles. The molecular formula is C24H28ClN3O2. The van der Waals surface area contributed by atoms with Gasteiger partial charge >= 0.3 is 0 Å². The molecule has 0 amide bonds. The van der Waals surface area contributed by atoms with Crippen LogP contribution in [0, 0.1) is 5.92 Å². The fourth-order valence-electron chi connectivity index (χ4n) is 4.04. The molecule has 6 heteroatoms. The minimum Gasteiger partial charge on any atom is -0.387 e. The number of halogens is 1. The van der Waals surface area contributed by atoms with Crippen molar-refractivity contribution in [2.24, 2.45) is 5.92 Å². The monoisotopic (exact) mass is 425 g/mol. The minimum atomic E-state index is -0.459. The van der Waals surface area contributed by atoms with Crippen LogP contribution in [0.3, 0.4) is 0 Å². The van der Waals surface area contributed by atoms with E-state index >= 15 is 0 Å². The summed E-state index contributed by atoms with van der Waals surface area (Å²) in [5.41, 5.74) is 2.56. The molecule has 0 spiro atoms. The zero-order valence-corrected chi connectivity index (χ0v) is 17.7. The molecule has 3 aromatic rings. The lowest BCUT2D eigenvalue weighted by molar-refractivity contribution is 0.0857. The smallest absolute Gasteiger partial charge is 0.274 e. The quantitative estimate of drug-likeness (QED) is 0.653. The van der Waals surface area contributed by atoms with Gasteiger partial charge in [0.05, 0.1) is 11.7 Å². The van der Waals surface area contributed by atoms with Gasteiger partial charge in [-0.15, -0.1) is 12.4 Å². The fraction of sp³-hybridized carbons (Fsp3) is 0.333. The summed E-state index contributed by atoms with van der Waals surface area (Å²) in [5, 5.41) is 14.8. The van der Waals surface area contributed by atoms with Crippen LogP contribution in [0.2, 0.25) is 0 Å². The van der Waals surface area contributed by atoms with Crippen LogP contribution in [0.1, 0.15) is 24.5 Å². The Morgan fingerprint density at radius 1 is 0.967 bits per heavy atom. The van der Waals surface area contributed by atoms with Crippen molar-refractivity contribution >= 4 is 12.4 Å². The number of rotatable bonds is 6.